The lowest BCUT2D eigenvalue weighted by molar-refractivity contribution is 0.174. The van der Waals surface area contributed by atoms with Crippen molar-refractivity contribution in [2.24, 2.45) is 10.2 Å². The van der Waals surface area contributed by atoms with E-state index in [1.165, 1.54) is 0 Å². The molecule has 1 aromatic carbocycles. The second kappa shape index (κ2) is 3.41. The third-order valence-corrected chi connectivity index (χ3v) is 2.99. The van der Waals surface area contributed by atoms with E-state index < -0.39 is 0 Å². The van der Waals surface area contributed by atoms with Gasteiger partial charge in [-0.2, -0.15) is 5.11 Å². The molecular weight excluding hydrogens is 226 g/mol. The average Bonchev–Trinajstić information content (AvgIpc) is 2.86. The molecule has 1 unspecified atom stereocenters. The summed E-state index contributed by atoms with van der Waals surface area (Å²) < 4.78 is 10.6. The van der Waals surface area contributed by atoms with Gasteiger partial charge in [0.05, 0.1) is 0 Å². The van der Waals surface area contributed by atoms with Crippen molar-refractivity contribution in [2.75, 3.05) is 13.8 Å². The Bertz CT molecular complexity index is 489. The van der Waals surface area contributed by atoms with Gasteiger partial charge in [0.15, 0.2) is 17.7 Å². The Hall–Kier alpha value is -1.69. The first-order valence-electron chi connectivity index (χ1n) is 4.83. The third-order valence-electron chi connectivity index (χ3n) is 2.62. The lowest BCUT2D eigenvalue weighted by atomic mass is 10.1. The first kappa shape index (κ1) is 9.53. The molecule has 82 valence electrons. The van der Waals surface area contributed by atoms with Crippen molar-refractivity contribution in [3.8, 4) is 11.5 Å². The Morgan fingerprint density at radius 1 is 1.38 bits per heavy atom. The molecule has 2 heterocycles. The van der Waals surface area contributed by atoms with Gasteiger partial charge in [-0.05, 0) is 24.4 Å². The fraction of sp³-hybridized carbons (Fsp3) is 0.300. The van der Waals surface area contributed by atoms with E-state index in [1.54, 1.807) is 0 Å². The van der Waals surface area contributed by atoms with Crippen molar-refractivity contribution in [1.29, 1.82) is 0 Å². The standard InChI is InChI=1S/C10H9N3O2S/c1-13-9(11-12-10(13)16)6-2-3-7-8(4-6)15-5-14-7/h2-4,9H,5H2,1H3. The molecule has 0 amide bonds. The molecule has 2 aliphatic heterocycles. The number of benzene rings is 1. The van der Waals surface area contributed by atoms with Crippen molar-refractivity contribution < 1.29 is 9.47 Å². The molecule has 0 saturated carbocycles. The van der Waals surface area contributed by atoms with Crippen LogP contribution in [0.3, 0.4) is 0 Å². The molecule has 0 saturated heterocycles. The van der Waals surface area contributed by atoms with Crippen molar-refractivity contribution in [3.05, 3.63) is 23.8 Å². The van der Waals surface area contributed by atoms with E-state index in [9.17, 15) is 0 Å². The monoisotopic (exact) mass is 235 g/mol. The Labute approximate surface area is 97.7 Å². The van der Waals surface area contributed by atoms with E-state index >= 15 is 0 Å². The molecule has 3 rings (SSSR count). The largest absolute Gasteiger partial charge is 0.454 e. The zero-order chi connectivity index (χ0) is 11.1. The first-order chi connectivity index (χ1) is 7.75. The highest BCUT2D eigenvalue weighted by atomic mass is 32.1. The number of fused-ring (bicyclic) bond motifs is 1. The molecule has 0 fully saturated rings. The van der Waals surface area contributed by atoms with Gasteiger partial charge in [-0.25, -0.2) is 0 Å². The Morgan fingerprint density at radius 2 is 2.19 bits per heavy atom. The van der Waals surface area contributed by atoms with Gasteiger partial charge in [-0.15, -0.1) is 5.11 Å². The number of azo groups is 1. The quantitative estimate of drug-likeness (QED) is 0.699. The maximum Gasteiger partial charge on any atom is 0.231 e. The van der Waals surface area contributed by atoms with E-state index in [4.69, 9.17) is 21.7 Å². The molecule has 16 heavy (non-hydrogen) atoms. The van der Waals surface area contributed by atoms with Crippen LogP contribution in [0.5, 0.6) is 11.5 Å². The first-order valence-corrected chi connectivity index (χ1v) is 5.24. The maximum atomic E-state index is 5.31. The van der Waals surface area contributed by atoms with E-state index in [0.717, 1.165) is 17.1 Å². The molecule has 6 heteroatoms. The fourth-order valence-corrected chi connectivity index (χ4v) is 1.87. The molecule has 0 radical (unpaired) electrons. The molecule has 1 atom stereocenters. The average molecular weight is 235 g/mol. The van der Waals surface area contributed by atoms with Crippen LogP contribution >= 0.6 is 12.2 Å². The molecule has 1 aromatic rings. The van der Waals surface area contributed by atoms with Gasteiger partial charge in [0.2, 0.25) is 11.9 Å². The second-order valence-corrected chi connectivity index (χ2v) is 3.96. The van der Waals surface area contributed by atoms with Gasteiger partial charge in [0.25, 0.3) is 0 Å². The van der Waals surface area contributed by atoms with E-state index in [0.29, 0.717) is 5.11 Å². The van der Waals surface area contributed by atoms with Crippen molar-refractivity contribution in [3.63, 3.8) is 0 Å². The molecule has 0 spiro atoms. The maximum absolute atomic E-state index is 5.31. The molecule has 5 nitrogen and oxygen atoms in total. The second-order valence-electron chi connectivity index (χ2n) is 3.60. The summed E-state index contributed by atoms with van der Waals surface area (Å²) in [5, 5.41) is 8.49. The highest BCUT2D eigenvalue weighted by Gasteiger charge is 2.26. The van der Waals surface area contributed by atoms with Gasteiger partial charge >= 0.3 is 0 Å². The summed E-state index contributed by atoms with van der Waals surface area (Å²) in [5.41, 5.74) is 0.996. The minimum atomic E-state index is -0.151. The number of hydrogen-bond donors (Lipinski definition) is 0. The molecule has 0 aromatic heterocycles. The Balaban J connectivity index is 1.96. The topological polar surface area (TPSA) is 46.4 Å². The van der Waals surface area contributed by atoms with E-state index in [-0.39, 0.29) is 13.0 Å². The summed E-state index contributed by atoms with van der Waals surface area (Å²) in [6.45, 7) is 0.277. The number of hydrogen-bond acceptors (Lipinski definition) is 4. The smallest absolute Gasteiger partial charge is 0.231 e. The molecule has 0 N–H and O–H groups in total. The van der Waals surface area contributed by atoms with E-state index in [2.05, 4.69) is 10.2 Å². The lowest BCUT2D eigenvalue weighted by Gasteiger charge is -2.17. The Kier molecular flexibility index (Phi) is 2.03. The molecule has 0 aliphatic carbocycles. The van der Waals surface area contributed by atoms with Crippen molar-refractivity contribution in [2.45, 2.75) is 6.17 Å². The summed E-state index contributed by atoms with van der Waals surface area (Å²) in [7, 11) is 1.87. The minimum absolute atomic E-state index is 0.151. The summed E-state index contributed by atoms with van der Waals surface area (Å²) >= 11 is 5.03. The summed E-state index contributed by atoms with van der Waals surface area (Å²) in [6, 6.07) is 5.74. The van der Waals surface area contributed by atoms with Gasteiger partial charge in [0.1, 0.15) is 0 Å². The number of nitrogens with zero attached hydrogens (tertiary/aromatic N) is 3. The summed E-state index contributed by atoms with van der Waals surface area (Å²) in [4.78, 5) is 1.84. The van der Waals surface area contributed by atoms with Crippen LogP contribution in [0.25, 0.3) is 0 Å². The molecular formula is C10H9N3O2S. The van der Waals surface area contributed by atoms with Crippen LogP contribution in [0.2, 0.25) is 0 Å². The minimum Gasteiger partial charge on any atom is -0.454 e. The zero-order valence-electron chi connectivity index (χ0n) is 8.58. The normalized spacial score (nSPS) is 21.9. The third kappa shape index (κ3) is 1.34. The van der Waals surface area contributed by atoms with Gasteiger partial charge in [0, 0.05) is 12.6 Å². The Morgan fingerprint density at radius 3 is 2.94 bits per heavy atom. The highest BCUT2D eigenvalue weighted by Crippen LogP contribution is 2.36. The van der Waals surface area contributed by atoms with Crippen LogP contribution in [-0.4, -0.2) is 23.9 Å². The predicted octanol–water partition coefficient (Wildman–Crippen LogP) is 2.10. The van der Waals surface area contributed by atoms with Crippen LogP contribution < -0.4 is 9.47 Å². The predicted molar refractivity (Wildman–Crippen MR) is 60.5 cm³/mol. The zero-order valence-corrected chi connectivity index (χ0v) is 9.40. The van der Waals surface area contributed by atoms with Gasteiger partial charge < -0.3 is 14.4 Å². The van der Waals surface area contributed by atoms with Crippen LogP contribution in [0.15, 0.2) is 28.4 Å². The van der Waals surface area contributed by atoms with Crippen LogP contribution in [-0.2, 0) is 0 Å². The summed E-state index contributed by atoms with van der Waals surface area (Å²) in [6.07, 6.45) is -0.151. The van der Waals surface area contributed by atoms with Crippen LogP contribution in [0, 0.1) is 0 Å². The summed E-state index contributed by atoms with van der Waals surface area (Å²) in [5.74, 6) is 1.52. The lowest BCUT2D eigenvalue weighted by Crippen LogP contribution is -2.21. The highest BCUT2D eigenvalue weighted by molar-refractivity contribution is 7.80. The van der Waals surface area contributed by atoms with Crippen molar-refractivity contribution in [1.82, 2.24) is 4.90 Å². The molecule has 0 bridgehead atoms. The van der Waals surface area contributed by atoms with Gasteiger partial charge in [-0.3, -0.25) is 0 Å². The fourth-order valence-electron chi connectivity index (χ4n) is 1.72. The van der Waals surface area contributed by atoms with Crippen LogP contribution in [0.1, 0.15) is 11.7 Å². The van der Waals surface area contributed by atoms with Crippen molar-refractivity contribution >= 4 is 17.3 Å². The SMILES string of the molecule is CN1C(=S)N=NC1c1ccc2c(c1)OCO2. The number of rotatable bonds is 1. The number of ether oxygens (including phenoxy) is 2. The van der Waals surface area contributed by atoms with Gasteiger partial charge in [-0.1, -0.05) is 6.07 Å². The number of thiocarbonyl (C=S) groups is 1. The van der Waals surface area contributed by atoms with E-state index in [1.807, 2.05) is 30.1 Å². The van der Waals surface area contributed by atoms with Crippen LogP contribution in [0.4, 0.5) is 0 Å². The molecule has 2 aliphatic rings.